The third-order valence-electron chi connectivity index (χ3n) is 11.7. The van der Waals surface area contributed by atoms with Gasteiger partial charge < -0.3 is 9.80 Å². The van der Waals surface area contributed by atoms with E-state index in [9.17, 15) is 0 Å². The molecule has 0 aromatic heterocycles. The minimum Gasteiger partial charge on any atom is -0.310 e. The van der Waals surface area contributed by atoms with Crippen LogP contribution < -0.4 is 9.80 Å². The lowest BCUT2D eigenvalue weighted by atomic mass is 9.84. The largest absolute Gasteiger partial charge is 0.310 e. The first-order chi connectivity index (χ1) is 27.6. The Kier molecular flexibility index (Phi) is 7.33. The van der Waals surface area contributed by atoms with Gasteiger partial charge in [0.1, 0.15) is 0 Å². The first-order valence-corrected chi connectivity index (χ1v) is 19.4. The molecule has 0 heterocycles. The second-order valence-corrected chi connectivity index (χ2v) is 15.0. The van der Waals surface area contributed by atoms with E-state index in [-0.39, 0.29) is 0 Å². The Morgan fingerprint density at radius 3 is 1.07 bits per heavy atom. The zero-order valence-corrected chi connectivity index (χ0v) is 31.4. The summed E-state index contributed by atoms with van der Waals surface area (Å²) >= 11 is 0. The van der Waals surface area contributed by atoms with Crippen molar-refractivity contribution in [2.45, 2.75) is 13.8 Å². The summed E-state index contributed by atoms with van der Waals surface area (Å²) in [6, 6.07) is 71.2. The van der Waals surface area contributed by atoms with Gasteiger partial charge in [-0.3, -0.25) is 0 Å². The van der Waals surface area contributed by atoms with Gasteiger partial charge in [0, 0.05) is 44.3 Å². The van der Waals surface area contributed by atoms with E-state index < -0.39 is 0 Å². The molecule has 0 aliphatic carbocycles. The van der Waals surface area contributed by atoms with Gasteiger partial charge in [-0.2, -0.15) is 0 Å². The van der Waals surface area contributed by atoms with E-state index in [1.54, 1.807) is 0 Å². The molecule has 264 valence electrons. The summed E-state index contributed by atoms with van der Waals surface area (Å²) in [6.07, 6.45) is 0. The van der Waals surface area contributed by atoms with E-state index >= 15 is 0 Å². The molecular weight excluding hydrogens is 677 g/mol. The zero-order chi connectivity index (χ0) is 37.3. The summed E-state index contributed by atoms with van der Waals surface area (Å²) in [6.45, 7) is 4.59. The van der Waals surface area contributed by atoms with Crippen molar-refractivity contribution < 1.29 is 0 Å². The second kappa shape index (κ2) is 12.7. The van der Waals surface area contributed by atoms with E-state index in [4.69, 9.17) is 0 Å². The summed E-state index contributed by atoms with van der Waals surface area (Å²) in [7, 11) is 0. The topological polar surface area (TPSA) is 6.48 Å². The third kappa shape index (κ3) is 4.96. The standard InChI is InChI=1S/C54H38N2/c1-35-31-49(55(41-19-5-3-6-20-41)43-27-25-37-15-9-11-17-39(37)33-43)47-29-30-48-50(32-36(2)52-46-24-14-13-23-45(46)51(35)53(47)54(48)52)56(42-21-7-4-8-22-42)44-28-26-38-16-10-12-18-40(38)34-44/h3-34H,1-2H3. The highest BCUT2D eigenvalue weighted by molar-refractivity contribution is 6.38. The lowest BCUT2D eigenvalue weighted by molar-refractivity contribution is 1.29. The van der Waals surface area contributed by atoms with Crippen LogP contribution in [0.2, 0.25) is 0 Å². The van der Waals surface area contributed by atoms with Gasteiger partial charge in [0.05, 0.1) is 11.4 Å². The van der Waals surface area contributed by atoms with Crippen LogP contribution in [0.4, 0.5) is 34.1 Å². The van der Waals surface area contributed by atoms with Crippen molar-refractivity contribution in [1.82, 2.24) is 0 Å². The molecule has 0 N–H and O–H groups in total. The average molecular weight is 715 g/mol. The third-order valence-corrected chi connectivity index (χ3v) is 11.7. The molecule has 0 aliphatic heterocycles. The molecule has 0 atom stereocenters. The molecule has 2 nitrogen and oxygen atoms in total. The molecule has 0 amide bonds. The molecule has 11 aromatic rings. The van der Waals surface area contributed by atoms with Crippen molar-refractivity contribution in [3.05, 3.63) is 205 Å². The van der Waals surface area contributed by atoms with E-state index in [0.717, 1.165) is 22.7 Å². The Morgan fingerprint density at radius 2 is 0.643 bits per heavy atom. The van der Waals surface area contributed by atoms with Gasteiger partial charge in [0.2, 0.25) is 0 Å². The summed E-state index contributed by atoms with van der Waals surface area (Å²) in [5, 5.41) is 15.2. The van der Waals surface area contributed by atoms with Crippen molar-refractivity contribution in [3.8, 4) is 0 Å². The SMILES string of the molecule is Cc1cc(N(c2ccccc2)c2ccc3ccccc3c2)c2ccc3c(N(c4ccccc4)c4ccc5ccccc5c4)cc(C)c4c5ccccc5c1c2c34. The first kappa shape index (κ1) is 32.3. The molecule has 0 bridgehead atoms. The Balaban J connectivity index is 1.27. The maximum absolute atomic E-state index is 2.45. The number of para-hydroxylation sites is 2. The van der Waals surface area contributed by atoms with Gasteiger partial charge in [-0.25, -0.2) is 0 Å². The monoisotopic (exact) mass is 714 g/mol. The number of anilines is 6. The first-order valence-electron chi connectivity index (χ1n) is 19.4. The van der Waals surface area contributed by atoms with E-state index in [2.05, 4.69) is 218 Å². The van der Waals surface area contributed by atoms with Crippen LogP contribution in [0.5, 0.6) is 0 Å². The number of fused-ring (bicyclic) bond motifs is 5. The quantitative estimate of drug-likeness (QED) is 0.125. The minimum atomic E-state index is 1.13. The van der Waals surface area contributed by atoms with Gasteiger partial charge in [-0.15, -0.1) is 0 Å². The number of hydrogen-bond acceptors (Lipinski definition) is 2. The molecular formula is C54H38N2. The van der Waals surface area contributed by atoms with Gasteiger partial charge in [0.15, 0.2) is 0 Å². The summed E-state index contributed by atoms with van der Waals surface area (Å²) < 4.78 is 0. The predicted molar refractivity (Wildman–Crippen MR) is 242 cm³/mol. The van der Waals surface area contributed by atoms with Crippen LogP contribution in [0.25, 0.3) is 64.6 Å². The Morgan fingerprint density at radius 1 is 0.268 bits per heavy atom. The molecule has 11 aromatic carbocycles. The molecule has 0 fully saturated rings. The molecule has 0 spiro atoms. The fourth-order valence-corrected chi connectivity index (χ4v) is 9.28. The van der Waals surface area contributed by atoms with Crippen LogP contribution in [-0.2, 0) is 0 Å². The fourth-order valence-electron chi connectivity index (χ4n) is 9.28. The molecule has 56 heavy (non-hydrogen) atoms. The second-order valence-electron chi connectivity index (χ2n) is 15.0. The number of hydrogen-bond donors (Lipinski definition) is 0. The number of rotatable bonds is 6. The van der Waals surface area contributed by atoms with Crippen LogP contribution in [0, 0.1) is 13.8 Å². The van der Waals surface area contributed by atoms with Crippen LogP contribution in [0.15, 0.2) is 194 Å². The minimum absolute atomic E-state index is 1.13. The van der Waals surface area contributed by atoms with Crippen LogP contribution in [0.3, 0.4) is 0 Å². The smallest absolute Gasteiger partial charge is 0.0543 e. The molecule has 0 saturated carbocycles. The zero-order valence-electron chi connectivity index (χ0n) is 31.4. The Bertz CT molecular complexity index is 3050. The molecule has 0 aliphatic rings. The summed E-state index contributed by atoms with van der Waals surface area (Å²) in [4.78, 5) is 4.90. The van der Waals surface area contributed by atoms with E-state index in [1.807, 2.05) is 0 Å². The molecule has 0 unspecified atom stereocenters. The maximum atomic E-state index is 2.45. The van der Waals surface area contributed by atoms with Crippen LogP contribution in [0.1, 0.15) is 11.1 Å². The molecule has 0 saturated heterocycles. The van der Waals surface area contributed by atoms with E-state index in [1.165, 1.54) is 87.1 Å². The van der Waals surface area contributed by atoms with Crippen molar-refractivity contribution in [2.24, 2.45) is 0 Å². The number of aryl methyl sites for hydroxylation is 2. The van der Waals surface area contributed by atoms with Crippen LogP contribution >= 0.6 is 0 Å². The predicted octanol–water partition coefficient (Wildman–Crippen LogP) is 15.6. The summed E-state index contributed by atoms with van der Waals surface area (Å²) in [5.41, 5.74) is 9.40. The van der Waals surface area contributed by atoms with Gasteiger partial charge in [-0.05, 0) is 129 Å². The highest BCUT2D eigenvalue weighted by atomic mass is 15.1. The Hall–Kier alpha value is -7.16. The van der Waals surface area contributed by atoms with E-state index in [0.29, 0.717) is 0 Å². The van der Waals surface area contributed by atoms with Gasteiger partial charge in [-0.1, -0.05) is 133 Å². The highest BCUT2D eigenvalue weighted by Gasteiger charge is 2.25. The normalized spacial score (nSPS) is 11.8. The highest BCUT2D eigenvalue weighted by Crippen LogP contribution is 2.52. The summed E-state index contributed by atoms with van der Waals surface area (Å²) in [5.74, 6) is 0. The fraction of sp³-hybridized carbons (Fsp3) is 0.0370. The molecule has 2 heteroatoms. The van der Waals surface area contributed by atoms with Crippen molar-refractivity contribution in [1.29, 1.82) is 0 Å². The van der Waals surface area contributed by atoms with Crippen molar-refractivity contribution in [2.75, 3.05) is 9.80 Å². The average Bonchev–Trinajstić information content (AvgIpc) is 3.25. The lowest BCUT2D eigenvalue weighted by Crippen LogP contribution is -2.12. The molecule has 0 radical (unpaired) electrons. The van der Waals surface area contributed by atoms with Crippen molar-refractivity contribution >= 4 is 98.8 Å². The van der Waals surface area contributed by atoms with Crippen molar-refractivity contribution in [3.63, 3.8) is 0 Å². The Labute approximate surface area is 326 Å². The number of nitrogens with zero attached hydrogens (tertiary/aromatic N) is 2. The molecule has 11 rings (SSSR count). The van der Waals surface area contributed by atoms with Gasteiger partial charge in [0.25, 0.3) is 0 Å². The van der Waals surface area contributed by atoms with Gasteiger partial charge >= 0.3 is 0 Å². The maximum Gasteiger partial charge on any atom is 0.0543 e. The van der Waals surface area contributed by atoms with Crippen LogP contribution in [-0.4, -0.2) is 0 Å². The number of benzene rings is 11. The lowest BCUT2D eigenvalue weighted by Gasteiger charge is -2.31.